The number of hydrogen-bond donors (Lipinski definition) is 1. The highest BCUT2D eigenvalue weighted by molar-refractivity contribution is 5.64. The first-order chi connectivity index (χ1) is 4.70. The van der Waals surface area contributed by atoms with E-state index < -0.39 is 6.09 Å². The second kappa shape index (κ2) is 5.09. The lowest BCUT2D eigenvalue weighted by atomic mass is 10.2. The molecular formula is C7H17NO2. The molecule has 0 saturated heterocycles. The summed E-state index contributed by atoms with van der Waals surface area (Å²) in [6.45, 7) is 4.02. The van der Waals surface area contributed by atoms with Crippen molar-refractivity contribution >= 4 is 6.09 Å². The molecule has 3 heteroatoms. The summed E-state index contributed by atoms with van der Waals surface area (Å²) in [6, 6.07) is 0. The molecule has 3 nitrogen and oxygen atoms in total. The summed E-state index contributed by atoms with van der Waals surface area (Å²) in [4.78, 5) is 10.2. The van der Waals surface area contributed by atoms with Crippen molar-refractivity contribution in [1.82, 2.24) is 0 Å². The molecule has 2 N–H and O–H groups in total. The van der Waals surface area contributed by atoms with Crippen molar-refractivity contribution in [3.8, 4) is 0 Å². The molecule has 0 aliphatic rings. The lowest BCUT2D eigenvalue weighted by molar-refractivity contribution is 0.0983. The standard InChI is InChI=1S/C7H15NO2.H2/c1-3-5-6(4-2)10-7(8)9;/h6H,3-5H2,1-2H3,(H2,8,9);1H. The highest BCUT2D eigenvalue weighted by atomic mass is 16.6. The first kappa shape index (κ1) is 9.27. The minimum atomic E-state index is -0.666. The summed E-state index contributed by atoms with van der Waals surface area (Å²) in [5.41, 5.74) is 4.84. The van der Waals surface area contributed by atoms with Crippen molar-refractivity contribution in [2.75, 3.05) is 0 Å². The Hall–Kier alpha value is -0.730. The van der Waals surface area contributed by atoms with E-state index in [9.17, 15) is 4.79 Å². The van der Waals surface area contributed by atoms with Crippen LogP contribution in [0.15, 0.2) is 0 Å². The van der Waals surface area contributed by atoms with Gasteiger partial charge in [0, 0.05) is 1.43 Å². The van der Waals surface area contributed by atoms with Crippen LogP contribution in [-0.4, -0.2) is 12.2 Å². The van der Waals surface area contributed by atoms with Crippen LogP contribution in [0.3, 0.4) is 0 Å². The summed E-state index contributed by atoms with van der Waals surface area (Å²) in [5.74, 6) is 0. The van der Waals surface area contributed by atoms with E-state index in [4.69, 9.17) is 10.5 Å². The Labute approximate surface area is 63.0 Å². The van der Waals surface area contributed by atoms with Crippen LogP contribution in [-0.2, 0) is 4.74 Å². The SMILES string of the molecule is CCCC(CC)OC(N)=O.[HH]. The predicted molar refractivity (Wildman–Crippen MR) is 41.8 cm³/mol. The number of amides is 1. The zero-order chi connectivity index (χ0) is 7.98. The smallest absolute Gasteiger partial charge is 0.404 e. The maximum atomic E-state index is 10.2. The zero-order valence-electron chi connectivity index (χ0n) is 6.59. The van der Waals surface area contributed by atoms with Gasteiger partial charge in [-0.3, -0.25) is 0 Å². The molecule has 1 atom stereocenters. The third-order valence-electron chi connectivity index (χ3n) is 1.35. The van der Waals surface area contributed by atoms with E-state index in [-0.39, 0.29) is 7.53 Å². The Morgan fingerprint density at radius 2 is 2.30 bits per heavy atom. The summed E-state index contributed by atoms with van der Waals surface area (Å²) in [6.07, 6.45) is 2.12. The van der Waals surface area contributed by atoms with Crippen LogP contribution in [0.4, 0.5) is 4.79 Å². The number of nitrogens with two attached hydrogens (primary N) is 1. The van der Waals surface area contributed by atoms with Crippen molar-refractivity contribution in [3.63, 3.8) is 0 Å². The summed E-state index contributed by atoms with van der Waals surface area (Å²) < 4.78 is 4.78. The number of carbonyl (C=O) groups is 1. The molecule has 0 bridgehead atoms. The van der Waals surface area contributed by atoms with Gasteiger partial charge in [-0.1, -0.05) is 20.3 Å². The van der Waals surface area contributed by atoms with Gasteiger partial charge >= 0.3 is 6.09 Å². The molecule has 0 aliphatic carbocycles. The largest absolute Gasteiger partial charge is 0.446 e. The van der Waals surface area contributed by atoms with Crippen molar-refractivity contribution in [3.05, 3.63) is 0 Å². The fraction of sp³-hybridized carbons (Fsp3) is 0.857. The summed E-state index contributed by atoms with van der Waals surface area (Å²) in [5, 5.41) is 0. The van der Waals surface area contributed by atoms with Crippen LogP contribution < -0.4 is 5.73 Å². The van der Waals surface area contributed by atoms with Gasteiger partial charge in [0.25, 0.3) is 0 Å². The molecule has 0 rings (SSSR count). The van der Waals surface area contributed by atoms with Crippen molar-refractivity contribution in [2.45, 2.75) is 39.2 Å². The molecular weight excluding hydrogens is 130 g/mol. The van der Waals surface area contributed by atoms with Crippen LogP contribution in [0.25, 0.3) is 0 Å². The molecule has 0 aromatic carbocycles. The second-order valence-corrected chi connectivity index (χ2v) is 2.26. The topological polar surface area (TPSA) is 52.3 Å². The molecule has 10 heavy (non-hydrogen) atoms. The maximum absolute atomic E-state index is 10.2. The van der Waals surface area contributed by atoms with Crippen molar-refractivity contribution in [2.24, 2.45) is 5.73 Å². The molecule has 1 amide bonds. The van der Waals surface area contributed by atoms with E-state index in [1.807, 2.05) is 13.8 Å². The summed E-state index contributed by atoms with van der Waals surface area (Å²) >= 11 is 0. The van der Waals surface area contributed by atoms with Gasteiger partial charge in [0.05, 0.1) is 0 Å². The van der Waals surface area contributed by atoms with Gasteiger partial charge in [-0.15, -0.1) is 0 Å². The van der Waals surface area contributed by atoms with E-state index >= 15 is 0 Å². The minimum Gasteiger partial charge on any atom is -0.446 e. The molecule has 0 aliphatic heterocycles. The van der Waals surface area contributed by atoms with Gasteiger partial charge in [0.15, 0.2) is 0 Å². The average Bonchev–Trinajstić information content (AvgIpc) is 1.86. The van der Waals surface area contributed by atoms with Crippen LogP contribution >= 0.6 is 0 Å². The van der Waals surface area contributed by atoms with Crippen LogP contribution in [0, 0.1) is 0 Å². The first-order valence-corrected chi connectivity index (χ1v) is 3.66. The Morgan fingerprint density at radius 3 is 2.60 bits per heavy atom. The van der Waals surface area contributed by atoms with E-state index in [0.29, 0.717) is 0 Å². The minimum absolute atomic E-state index is 0. The Kier molecular flexibility index (Phi) is 4.72. The highest BCUT2D eigenvalue weighted by Crippen LogP contribution is 2.05. The van der Waals surface area contributed by atoms with Gasteiger partial charge in [-0.05, 0) is 12.8 Å². The number of hydrogen-bond acceptors (Lipinski definition) is 2. The van der Waals surface area contributed by atoms with Crippen LogP contribution in [0.5, 0.6) is 0 Å². The monoisotopic (exact) mass is 147 g/mol. The fourth-order valence-corrected chi connectivity index (χ4v) is 0.833. The molecule has 1 unspecified atom stereocenters. The van der Waals surface area contributed by atoms with E-state index in [0.717, 1.165) is 19.3 Å². The molecule has 0 aromatic rings. The van der Waals surface area contributed by atoms with Crippen LogP contribution in [0.2, 0.25) is 0 Å². The van der Waals surface area contributed by atoms with Gasteiger partial charge < -0.3 is 10.5 Å². The predicted octanol–water partition coefficient (Wildman–Crippen LogP) is 1.91. The third kappa shape index (κ3) is 4.18. The maximum Gasteiger partial charge on any atom is 0.404 e. The first-order valence-electron chi connectivity index (χ1n) is 3.66. The Bertz CT molecular complexity index is 109. The fourth-order valence-electron chi connectivity index (χ4n) is 0.833. The van der Waals surface area contributed by atoms with Crippen molar-refractivity contribution < 1.29 is 11.0 Å². The molecule has 62 valence electrons. The summed E-state index contributed by atoms with van der Waals surface area (Å²) in [7, 11) is 0. The molecule has 0 spiro atoms. The number of carbonyl (C=O) groups excluding carboxylic acids is 1. The van der Waals surface area contributed by atoms with E-state index in [1.54, 1.807) is 0 Å². The molecule has 0 saturated carbocycles. The van der Waals surface area contributed by atoms with E-state index in [1.165, 1.54) is 0 Å². The average molecular weight is 147 g/mol. The zero-order valence-corrected chi connectivity index (χ0v) is 6.59. The van der Waals surface area contributed by atoms with Gasteiger partial charge in [-0.25, -0.2) is 4.79 Å². The van der Waals surface area contributed by atoms with Gasteiger partial charge in [-0.2, -0.15) is 0 Å². The normalized spacial score (nSPS) is 12.6. The quantitative estimate of drug-likeness (QED) is 0.660. The molecule has 0 heterocycles. The molecule has 0 fully saturated rings. The molecule has 0 radical (unpaired) electrons. The van der Waals surface area contributed by atoms with E-state index in [2.05, 4.69) is 0 Å². The lowest BCUT2D eigenvalue weighted by Gasteiger charge is -2.12. The second-order valence-electron chi connectivity index (χ2n) is 2.26. The number of ether oxygens (including phenoxy) is 1. The third-order valence-corrected chi connectivity index (χ3v) is 1.35. The Balaban J connectivity index is 0. The molecule has 0 aromatic heterocycles. The Morgan fingerprint density at radius 1 is 1.70 bits per heavy atom. The van der Waals surface area contributed by atoms with Crippen molar-refractivity contribution in [1.29, 1.82) is 0 Å². The number of rotatable bonds is 4. The lowest BCUT2D eigenvalue weighted by Crippen LogP contribution is -2.21. The van der Waals surface area contributed by atoms with Gasteiger partial charge in [0.1, 0.15) is 6.10 Å². The highest BCUT2D eigenvalue weighted by Gasteiger charge is 2.07. The van der Waals surface area contributed by atoms with Crippen LogP contribution in [0.1, 0.15) is 34.5 Å². The number of primary amides is 1. The van der Waals surface area contributed by atoms with Gasteiger partial charge in [0.2, 0.25) is 0 Å².